The number of amides is 4. The Kier molecular flexibility index (Phi) is 5.09. The summed E-state index contributed by atoms with van der Waals surface area (Å²) in [5, 5.41) is 0. The first-order chi connectivity index (χ1) is 14.9. The number of anilines is 1. The van der Waals surface area contributed by atoms with E-state index in [1.54, 1.807) is 66.7 Å². The van der Waals surface area contributed by atoms with E-state index in [4.69, 9.17) is 4.42 Å². The molecule has 1 aromatic heterocycles. The number of rotatable bonds is 4. The van der Waals surface area contributed by atoms with Gasteiger partial charge in [-0.2, -0.15) is 0 Å². The number of para-hydroxylation sites is 1. The van der Waals surface area contributed by atoms with Crippen LogP contribution in [0.3, 0.4) is 0 Å². The van der Waals surface area contributed by atoms with Crippen LogP contribution < -0.4 is 4.90 Å². The van der Waals surface area contributed by atoms with Crippen molar-refractivity contribution in [2.24, 2.45) is 0 Å². The maximum atomic E-state index is 13.0. The van der Waals surface area contributed by atoms with Crippen molar-refractivity contribution in [2.75, 3.05) is 11.9 Å². The molecule has 0 spiro atoms. The lowest BCUT2D eigenvalue weighted by Crippen LogP contribution is -2.55. The topological polar surface area (TPSA) is 87.9 Å². The summed E-state index contributed by atoms with van der Waals surface area (Å²) in [5.41, 5.74) is 1.41. The van der Waals surface area contributed by atoms with Gasteiger partial charge in [0.25, 0.3) is 11.8 Å². The number of hydrogen-bond acceptors (Lipinski definition) is 5. The zero-order chi connectivity index (χ0) is 22.1. The van der Waals surface area contributed by atoms with E-state index in [2.05, 4.69) is 0 Å². The molecule has 0 atom stereocenters. The zero-order valence-corrected chi connectivity index (χ0v) is 16.9. The normalized spacial score (nSPS) is 15.7. The fourth-order valence-electron chi connectivity index (χ4n) is 3.26. The first-order valence-electron chi connectivity index (χ1n) is 9.51. The fraction of sp³-hybridized carbons (Fsp3) is 0.0833. The summed E-state index contributed by atoms with van der Waals surface area (Å²) < 4.78 is 5.79. The van der Waals surface area contributed by atoms with Gasteiger partial charge in [0.1, 0.15) is 17.1 Å². The first-order valence-corrected chi connectivity index (χ1v) is 9.51. The minimum atomic E-state index is -0.726. The molecule has 31 heavy (non-hydrogen) atoms. The van der Waals surface area contributed by atoms with E-state index in [-0.39, 0.29) is 17.1 Å². The number of barbiturate groups is 1. The highest BCUT2D eigenvalue weighted by Crippen LogP contribution is 2.28. The summed E-state index contributed by atoms with van der Waals surface area (Å²) in [6, 6.07) is 17.9. The van der Waals surface area contributed by atoms with Crippen molar-refractivity contribution in [3.63, 3.8) is 0 Å². The van der Waals surface area contributed by atoms with Crippen LogP contribution in [0.2, 0.25) is 0 Å². The number of likely N-dealkylation sites (N-methyl/N-ethyl adjacent to an activating group) is 1. The van der Waals surface area contributed by atoms with Crippen LogP contribution in [0.5, 0.6) is 0 Å². The molecule has 0 radical (unpaired) electrons. The summed E-state index contributed by atoms with van der Waals surface area (Å²) in [7, 11) is 1.32. The Labute approximate surface area is 178 Å². The summed E-state index contributed by atoms with van der Waals surface area (Å²) in [5.74, 6) is -0.747. The highest BCUT2D eigenvalue weighted by molar-refractivity contribution is 6.38. The van der Waals surface area contributed by atoms with Crippen molar-refractivity contribution >= 4 is 35.4 Å². The number of nitrogens with zero attached hydrogens (tertiary/aromatic N) is 2. The summed E-state index contributed by atoms with van der Waals surface area (Å²) in [6.45, 7) is 1.48. The Bertz CT molecular complexity index is 1240. The Morgan fingerprint density at radius 1 is 0.903 bits per heavy atom. The minimum Gasteiger partial charge on any atom is -0.457 e. The summed E-state index contributed by atoms with van der Waals surface area (Å²) in [6.07, 6.45) is 1.32. The molecular weight excluding hydrogens is 396 g/mol. The van der Waals surface area contributed by atoms with Crippen LogP contribution >= 0.6 is 0 Å². The Morgan fingerprint density at radius 3 is 2.35 bits per heavy atom. The molecule has 3 aromatic rings. The maximum absolute atomic E-state index is 13.0. The number of Topliss-reactive ketones (excluding diaryl/α,β-unsaturated/α-hetero) is 1. The summed E-state index contributed by atoms with van der Waals surface area (Å²) >= 11 is 0. The molecule has 0 saturated carbocycles. The number of benzene rings is 2. The van der Waals surface area contributed by atoms with Crippen molar-refractivity contribution in [2.45, 2.75) is 6.92 Å². The van der Waals surface area contributed by atoms with E-state index in [9.17, 15) is 19.2 Å². The number of imide groups is 2. The van der Waals surface area contributed by atoms with Gasteiger partial charge < -0.3 is 4.42 Å². The molecule has 1 aliphatic rings. The second kappa shape index (κ2) is 7.87. The van der Waals surface area contributed by atoms with Gasteiger partial charge in [-0.05, 0) is 43.3 Å². The highest BCUT2D eigenvalue weighted by Gasteiger charge is 2.41. The predicted molar refractivity (Wildman–Crippen MR) is 114 cm³/mol. The Morgan fingerprint density at radius 2 is 1.65 bits per heavy atom. The lowest BCUT2D eigenvalue weighted by atomic mass is 10.1. The largest absolute Gasteiger partial charge is 0.457 e. The maximum Gasteiger partial charge on any atom is 0.338 e. The highest BCUT2D eigenvalue weighted by atomic mass is 16.3. The summed E-state index contributed by atoms with van der Waals surface area (Å²) in [4.78, 5) is 51.7. The molecule has 4 rings (SSSR count). The van der Waals surface area contributed by atoms with E-state index < -0.39 is 17.8 Å². The molecule has 1 aliphatic heterocycles. The number of carbonyl (C=O) groups excluding carboxylic acids is 4. The minimum absolute atomic E-state index is 0.0668. The molecule has 7 heteroatoms. The smallest absolute Gasteiger partial charge is 0.338 e. The van der Waals surface area contributed by atoms with Crippen LogP contribution in [0.25, 0.3) is 17.4 Å². The van der Waals surface area contributed by atoms with Crippen molar-refractivity contribution < 1.29 is 23.6 Å². The van der Waals surface area contributed by atoms with Gasteiger partial charge in [-0.15, -0.1) is 0 Å². The molecular formula is C24H18N2O5. The first kappa shape index (κ1) is 20.0. The standard InChI is InChI=1S/C24H18N2O5/c1-15(27)16-7-6-8-17(13-16)21-12-11-19(31-21)14-20-22(28)25(2)24(30)26(23(20)29)18-9-4-3-5-10-18/h3-14H,1-2H3/b20-14+. The van der Waals surface area contributed by atoms with Gasteiger partial charge in [0.05, 0.1) is 5.69 Å². The van der Waals surface area contributed by atoms with E-state index in [1.165, 1.54) is 20.0 Å². The van der Waals surface area contributed by atoms with Gasteiger partial charge in [-0.1, -0.05) is 36.4 Å². The Hall–Kier alpha value is -4.26. The zero-order valence-electron chi connectivity index (χ0n) is 16.9. The van der Waals surface area contributed by atoms with Gasteiger partial charge in [0, 0.05) is 18.2 Å². The van der Waals surface area contributed by atoms with Gasteiger partial charge in [-0.3, -0.25) is 19.3 Å². The number of ketones is 1. The molecule has 0 N–H and O–H groups in total. The van der Waals surface area contributed by atoms with Crippen molar-refractivity contribution in [3.05, 3.63) is 83.6 Å². The lowest BCUT2D eigenvalue weighted by Gasteiger charge is -2.31. The average Bonchev–Trinajstić information content (AvgIpc) is 3.25. The van der Waals surface area contributed by atoms with Crippen LogP contribution in [0, 0.1) is 0 Å². The van der Waals surface area contributed by atoms with Crippen LogP contribution in [-0.4, -0.2) is 35.6 Å². The number of urea groups is 1. The SMILES string of the molecule is CC(=O)c1cccc(-c2ccc(/C=C3\C(=O)N(C)C(=O)N(c4ccccc4)C3=O)o2)c1. The van der Waals surface area contributed by atoms with Crippen molar-refractivity contribution in [3.8, 4) is 11.3 Å². The third-order valence-corrected chi connectivity index (χ3v) is 4.93. The quantitative estimate of drug-likeness (QED) is 0.363. The second-order valence-corrected chi connectivity index (χ2v) is 7.02. The van der Waals surface area contributed by atoms with E-state index in [0.29, 0.717) is 22.6 Å². The van der Waals surface area contributed by atoms with Crippen LogP contribution in [0.1, 0.15) is 23.0 Å². The van der Waals surface area contributed by atoms with E-state index in [1.807, 2.05) is 0 Å². The molecule has 4 amide bonds. The van der Waals surface area contributed by atoms with Crippen molar-refractivity contribution in [1.82, 2.24) is 4.90 Å². The van der Waals surface area contributed by atoms with Gasteiger partial charge in [0.15, 0.2) is 5.78 Å². The fourth-order valence-corrected chi connectivity index (χ4v) is 3.26. The molecule has 154 valence electrons. The lowest BCUT2D eigenvalue weighted by molar-refractivity contribution is -0.128. The molecule has 2 heterocycles. The number of furan rings is 1. The molecule has 7 nitrogen and oxygen atoms in total. The molecule has 0 aliphatic carbocycles. The Balaban J connectivity index is 1.70. The molecule has 2 aromatic carbocycles. The van der Waals surface area contributed by atoms with Crippen LogP contribution in [-0.2, 0) is 9.59 Å². The van der Waals surface area contributed by atoms with Crippen molar-refractivity contribution in [1.29, 1.82) is 0 Å². The monoisotopic (exact) mass is 414 g/mol. The number of hydrogen-bond donors (Lipinski definition) is 0. The van der Waals surface area contributed by atoms with E-state index in [0.717, 1.165) is 9.80 Å². The van der Waals surface area contributed by atoms with E-state index >= 15 is 0 Å². The second-order valence-electron chi connectivity index (χ2n) is 7.02. The molecule has 1 fully saturated rings. The van der Waals surface area contributed by atoms with Crippen LogP contribution in [0.15, 0.2) is 76.7 Å². The van der Waals surface area contributed by atoms with Gasteiger partial charge >= 0.3 is 6.03 Å². The molecule has 0 unspecified atom stereocenters. The number of carbonyl (C=O) groups is 4. The van der Waals surface area contributed by atoms with Gasteiger partial charge in [0.2, 0.25) is 0 Å². The third-order valence-electron chi connectivity index (χ3n) is 4.93. The molecule has 1 saturated heterocycles. The average molecular weight is 414 g/mol. The third kappa shape index (κ3) is 3.69. The van der Waals surface area contributed by atoms with Gasteiger partial charge in [-0.25, -0.2) is 9.69 Å². The molecule has 0 bridgehead atoms. The predicted octanol–water partition coefficient (Wildman–Crippen LogP) is 4.16. The van der Waals surface area contributed by atoms with Crippen LogP contribution in [0.4, 0.5) is 10.5 Å².